The van der Waals surface area contributed by atoms with Gasteiger partial charge in [0, 0.05) is 6.04 Å². The molecule has 0 bridgehead atoms. The summed E-state index contributed by atoms with van der Waals surface area (Å²) in [7, 11) is 1.92. The largest absolute Gasteiger partial charge is 0.573 e. The van der Waals surface area contributed by atoms with Gasteiger partial charge in [0.15, 0.2) is 0 Å². The molecular formula is C14H18F3NO. The Morgan fingerprint density at radius 2 is 2.11 bits per heavy atom. The first-order chi connectivity index (χ1) is 8.82. The first kappa shape index (κ1) is 14.2. The molecule has 0 amide bonds. The quantitative estimate of drug-likeness (QED) is 0.908. The third kappa shape index (κ3) is 3.41. The zero-order valence-electron chi connectivity index (χ0n) is 11.1. The summed E-state index contributed by atoms with van der Waals surface area (Å²) in [4.78, 5) is 0. The molecule has 0 spiro atoms. The second-order valence-corrected chi connectivity index (χ2v) is 5.36. The zero-order valence-corrected chi connectivity index (χ0v) is 11.1. The van der Waals surface area contributed by atoms with Crippen LogP contribution < -0.4 is 10.1 Å². The van der Waals surface area contributed by atoms with E-state index in [2.05, 4.69) is 17.0 Å². The van der Waals surface area contributed by atoms with Crippen LogP contribution in [0.15, 0.2) is 24.3 Å². The Labute approximate surface area is 111 Å². The molecule has 0 aromatic heterocycles. The van der Waals surface area contributed by atoms with E-state index in [1.54, 1.807) is 6.07 Å². The number of nitrogens with one attached hydrogen (secondary N) is 1. The van der Waals surface area contributed by atoms with Gasteiger partial charge in [0.1, 0.15) is 5.75 Å². The van der Waals surface area contributed by atoms with Crippen molar-refractivity contribution in [1.29, 1.82) is 0 Å². The molecule has 1 fully saturated rings. The molecule has 0 aliphatic heterocycles. The van der Waals surface area contributed by atoms with Crippen LogP contribution in [-0.4, -0.2) is 19.5 Å². The summed E-state index contributed by atoms with van der Waals surface area (Å²) < 4.78 is 40.7. The van der Waals surface area contributed by atoms with Gasteiger partial charge in [-0.1, -0.05) is 19.1 Å². The summed E-state index contributed by atoms with van der Waals surface area (Å²) >= 11 is 0. The fourth-order valence-electron chi connectivity index (χ4n) is 2.82. The molecule has 2 rings (SSSR count). The van der Waals surface area contributed by atoms with Gasteiger partial charge in [-0.25, -0.2) is 0 Å². The maximum absolute atomic E-state index is 12.2. The highest BCUT2D eigenvalue weighted by molar-refractivity contribution is 5.34. The van der Waals surface area contributed by atoms with Crippen molar-refractivity contribution in [2.45, 2.75) is 44.0 Å². The lowest BCUT2D eigenvalue weighted by atomic mass is 9.81. The van der Waals surface area contributed by atoms with Crippen molar-refractivity contribution in [3.63, 3.8) is 0 Å². The standard InChI is InChI=1S/C14H18F3NO/c1-13(7-6-11(9-13)18-2)10-4-3-5-12(8-10)19-14(15,16)17/h3-5,8,11,18H,6-7,9H2,1-2H3. The lowest BCUT2D eigenvalue weighted by Gasteiger charge is -2.25. The normalized spacial score (nSPS) is 27.5. The van der Waals surface area contributed by atoms with Crippen molar-refractivity contribution in [2.24, 2.45) is 0 Å². The molecule has 1 aromatic carbocycles. The molecule has 106 valence electrons. The summed E-state index contributed by atoms with van der Waals surface area (Å²) in [5, 5.41) is 3.23. The van der Waals surface area contributed by atoms with Crippen LogP contribution in [-0.2, 0) is 5.41 Å². The third-order valence-corrected chi connectivity index (χ3v) is 3.91. The minimum Gasteiger partial charge on any atom is -0.406 e. The highest BCUT2D eigenvalue weighted by Gasteiger charge is 2.37. The maximum Gasteiger partial charge on any atom is 0.573 e. The Morgan fingerprint density at radius 3 is 2.68 bits per heavy atom. The van der Waals surface area contributed by atoms with Gasteiger partial charge in [0.05, 0.1) is 0 Å². The van der Waals surface area contributed by atoms with Crippen LogP contribution in [0.25, 0.3) is 0 Å². The second kappa shape index (κ2) is 5.04. The Kier molecular flexibility index (Phi) is 3.76. The van der Waals surface area contributed by atoms with Gasteiger partial charge < -0.3 is 10.1 Å². The van der Waals surface area contributed by atoms with Crippen molar-refractivity contribution in [3.05, 3.63) is 29.8 Å². The van der Waals surface area contributed by atoms with E-state index in [0.29, 0.717) is 6.04 Å². The van der Waals surface area contributed by atoms with Crippen molar-refractivity contribution in [3.8, 4) is 5.75 Å². The van der Waals surface area contributed by atoms with E-state index in [4.69, 9.17) is 0 Å². The van der Waals surface area contributed by atoms with Crippen molar-refractivity contribution < 1.29 is 17.9 Å². The number of benzene rings is 1. The highest BCUT2D eigenvalue weighted by Crippen LogP contribution is 2.41. The predicted molar refractivity (Wildman–Crippen MR) is 67.2 cm³/mol. The summed E-state index contributed by atoms with van der Waals surface area (Å²) in [6.07, 6.45) is -1.70. The Hall–Kier alpha value is -1.23. The average Bonchev–Trinajstić information content (AvgIpc) is 2.71. The monoisotopic (exact) mass is 273 g/mol. The first-order valence-electron chi connectivity index (χ1n) is 6.36. The summed E-state index contributed by atoms with van der Waals surface area (Å²) in [5.41, 5.74) is 0.825. The second-order valence-electron chi connectivity index (χ2n) is 5.36. The van der Waals surface area contributed by atoms with Crippen molar-refractivity contribution in [1.82, 2.24) is 5.32 Å². The molecule has 1 aromatic rings. The molecule has 1 aliphatic carbocycles. The lowest BCUT2D eigenvalue weighted by Crippen LogP contribution is -2.26. The molecule has 5 heteroatoms. The molecular weight excluding hydrogens is 255 g/mol. The van der Waals surface area contributed by atoms with Crippen LogP contribution in [0.4, 0.5) is 13.2 Å². The van der Waals surface area contributed by atoms with Crippen LogP contribution in [0.1, 0.15) is 31.7 Å². The average molecular weight is 273 g/mol. The molecule has 2 atom stereocenters. The Morgan fingerprint density at radius 1 is 1.37 bits per heavy atom. The molecule has 1 aliphatic rings. The van der Waals surface area contributed by atoms with Crippen LogP contribution in [0, 0.1) is 0 Å². The molecule has 0 radical (unpaired) electrons. The van der Waals surface area contributed by atoms with Crippen LogP contribution >= 0.6 is 0 Å². The summed E-state index contributed by atoms with van der Waals surface area (Å²) in [6, 6.07) is 6.77. The van der Waals surface area contributed by atoms with Gasteiger partial charge in [0.2, 0.25) is 0 Å². The first-order valence-corrected chi connectivity index (χ1v) is 6.36. The maximum atomic E-state index is 12.2. The van der Waals surface area contributed by atoms with Gasteiger partial charge in [-0.2, -0.15) is 0 Å². The lowest BCUT2D eigenvalue weighted by molar-refractivity contribution is -0.274. The van der Waals surface area contributed by atoms with Crippen LogP contribution in [0.3, 0.4) is 0 Å². The fourth-order valence-corrected chi connectivity index (χ4v) is 2.82. The number of halogens is 3. The molecule has 0 saturated heterocycles. The molecule has 1 N–H and O–H groups in total. The Bertz CT molecular complexity index is 447. The number of hydrogen-bond donors (Lipinski definition) is 1. The molecule has 2 nitrogen and oxygen atoms in total. The Balaban J connectivity index is 2.19. The molecule has 19 heavy (non-hydrogen) atoms. The van der Waals surface area contributed by atoms with Crippen LogP contribution in [0.5, 0.6) is 5.75 Å². The van der Waals surface area contributed by atoms with Gasteiger partial charge in [-0.15, -0.1) is 13.2 Å². The van der Waals surface area contributed by atoms with Gasteiger partial charge in [0.25, 0.3) is 0 Å². The number of ether oxygens (including phenoxy) is 1. The minimum absolute atomic E-state index is 0.0847. The van der Waals surface area contributed by atoms with Gasteiger partial charge in [-0.05, 0) is 49.4 Å². The topological polar surface area (TPSA) is 21.3 Å². The van der Waals surface area contributed by atoms with Crippen LogP contribution in [0.2, 0.25) is 0 Å². The molecule has 1 saturated carbocycles. The fraction of sp³-hybridized carbons (Fsp3) is 0.571. The van der Waals surface area contributed by atoms with E-state index in [9.17, 15) is 13.2 Å². The number of alkyl halides is 3. The van der Waals surface area contributed by atoms with E-state index in [1.165, 1.54) is 12.1 Å². The molecule has 0 heterocycles. The zero-order chi connectivity index (χ0) is 14.1. The summed E-state index contributed by atoms with van der Waals surface area (Å²) in [6.45, 7) is 2.09. The molecule has 2 unspecified atom stereocenters. The van der Waals surface area contributed by atoms with E-state index in [1.807, 2.05) is 13.1 Å². The van der Waals surface area contributed by atoms with Crippen molar-refractivity contribution >= 4 is 0 Å². The third-order valence-electron chi connectivity index (χ3n) is 3.91. The smallest absolute Gasteiger partial charge is 0.406 e. The number of hydrogen-bond acceptors (Lipinski definition) is 2. The van der Waals surface area contributed by atoms with E-state index in [-0.39, 0.29) is 11.2 Å². The predicted octanol–water partition coefficient (Wildman–Crippen LogP) is 3.61. The van der Waals surface area contributed by atoms with E-state index < -0.39 is 6.36 Å². The SMILES string of the molecule is CNC1CCC(C)(c2cccc(OC(F)(F)F)c2)C1. The van der Waals surface area contributed by atoms with E-state index in [0.717, 1.165) is 24.8 Å². The van der Waals surface area contributed by atoms with Crippen molar-refractivity contribution in [2.75, 3.05) is 7.05 Å². The number of rotatable bonds is 3. The van der Waals surface area contributed by atoms with Gasteiger partial charge in [-0.3, -0.25) is 0 Å². The minimum atomic E-state index is -4.64. The highest BCUT2D eigenvalue weighted by atomic mass is 19.4. The summed E-state index contributed by atoms with van der Waals surface area (Å²) in [5.74, 6) is -0.140. The van der Waals surface area contributed by atoms with E-state index >= 15 is 0 Å². The van der Waals surface area contributed by atoms with Gasteiger partial charge >= 0.3 is 6.36 Å².